The highest BCUT2D eigenvalue weighted by molar-refractivity contribution is 9.09. The summed E-state index contributed by atoms with van der Waals surface area (Å²) >= 11 is 3.45. The van der Waals surface area contributed by atoms with Gasteiger partial charge in [-0.1, -0.05) is 34.5 Å². The monoisotopic (exact) mass is 272 g/mol. The standard InChI is InChI=1S/C13H21BrO/c14-6-2-1-3-7-15-10-13-9-11-4-5-12(13)8-11/h4-5,11-13H,1-3,6-10H2. The lowest BCUT2D eigenvalue weighted by Crippen LogP contribution is -2.14. The lowest BCUT2D eigenvalue weighted by atomic mass is 9.95. The third kappa shape index (κ3) is 3.32. The van der Waals surface area contributed by atoms with E-state index in [-0.39, 0.29) is 0 Å². The van der Waals surface area contributed by atoms with Crippen molar-refractivity contribution in [3.8, 4) is 0 Å². The number of hydrogen-bond acceptors (Lipinski definition) is 1. The summed E-state index contributed by atoms with van der Waals surface area (Å²) in [5.74, 6) is 2.56. The summed E-state index contributed by atoms with van der Waals surface area (Å²) in [6, 6.07) is 0. The van der Waals surface area contributed by atoms with Crippen LogP contribution in [0.3, 0.4) is 0 Å². The molecular formula is C13H21BrO. The second-order valence-corrected chi connectivity index (χ2v) is 5.66. The molecule has 0 radical (unpaired) electrons. The Morgan fingerprint density at radius 1 is 1.13 bits per heavy atom. The Balaban J connectivity index is 1.50. The largest absolute Gasteiger partial charge is 0.381 e. The smallest absolute Gasteiger partial charge is 0.0500 e. The van der Waals surface area contributed by atoms with Gasteiger partial charge in [-0.25, -0.2) is 0 Å². The van der Waals surface area contributed by atoms with Crippen LogP contribution in [0.2, 0.25) is 0 Å². The quantitative estimate of drug-likeness (QED) is 0.389. The van der Waals surface area contributed by atoms with Crippen LogP contribution >= 0.6 is 15.9 Å². The van der Waals surface area contributed by atoms with Crippen LogP contribution < -0.4 is 0 Å². The number of hydrogen-bond donors (Lipinski definition) is 0. The Hall–Kier alpha value is 0.180. The third-order valence-corrected chi connectivity index (χ3v) is 4.23. The normalized spacial score (nSPS) is 32.7. The van der Waals surface area contributed by atoms with Crippen molar-refractivity contribution >= 4 is 15.9 Å². The SMILES string of the molecule is BrCCCCCOCC1CC2C=CC1C2. The molecule has 2 heteroatoms. The van der Waals surface area contributed by atoms with Gasteiger partial charge in [-0.15, -0.1) is 0 Å². The van der Waals surface area contributed by atoms with Crippen LogP contribution in [-0.2, 0) is 4.74 Å². The van der Waals surface area contributed by atoms with E-state index in [4.69, 9.17) is 4.74 Å². The van der Waals surface area contributed by atoms with Crippen molar-refractivity contribution in [2.75, 3.05) is 18.5 Å². The molecule has 0 saturated heterocycles. The van der Waals surface area contributed by atoms with Crippen molar-refractivity contribution in [2.24, 2.45) is 17.8 Å². The van der Waals surface area contributed by atoms with Crippen LogP contribution in [0.5, 0.6) is 0 Å². The van der Waals surface area contributed by atoms with E-state index in [1.54, 1.807) is 0 Å². The number of alkyl halides is 1. The molecule has 1 saturated carbocycles. The van der Waals surface area contributed by atoms with Gasteiger partial charge in [0.15, 0.2) is 0 Å². The molecule has 0 amide bonds. The zero-order chi connectivity index (χ0) is 10.5. The van der Waals surface area contributed by atoms with Gasteiger partial charge in [0, 0.05) is 18.5 Å². The number of unbranched alkanes of at least 4 members (excludes halogenated alkanes) is 2. The van der Waals surface area contributed by atoms with Crippen molar-refractivity contribution < 1.29 is 4.74 Å². The summed E-state index contributed by atoms with van der Waals surface area (Å²) in [7, 11) is 0. The molecule has 0 aromatic carbocycles. The molecule has 2 aliphatic rings. The maximum atomic E-state index is 5.77. The molecule has 0 aliphatic heterocycles. The Morgan fingerprint density at radius 2 is 2.07 bits per heavy atom. The summed E-state index contributed by atoms with van der Waals surface area (Å²) in [4.78, 5) is 0. The first kappa shape index (κ1) is 11.7. The molecule has 0 aromatic heterocycles. The Kier molecular flexibility index (Phi) is 4.70. The predicted octanol–water partition coefficient (Wildman–Crippen LogP) is 3.78. The Labute approximate surface area is 101 Å². The van der Waals surface area contributed by atoms with Gasteiger partial charge in [0.2, 0.25) is 0 Å². The molecule has 1 fully saturated rings. The van der Waals surface area contributed by atoms with Gasteiger partial charge in [0.1, 0.15) is 0 Å². The molecule has 86 valence electrons. The van der Waals surface area contributed by atoms with E-state index in [1.807, 2.05) is 0 Å². The number of ether oxygens (including phenoxy) is 1. The summed E-state index contributed by atoms with van der Waals surface area (Å²) < 4.78 is 5.77. The molecule has 2 bridgehead atoms. The maximum Gasteiger partial charge on any atom is 0.0500 e. The molecular weight excluding hydrogens is 252 g/mol. The van der Waals surface area contributed by atoms with E-state index >= 15 is 0 Å². The molecule has 15 heavy (non-hydrogen) atoms. The summed E-state index contributed by atoms with van der Waals surface area (Å²) in [6.07, 6.45) is 11.4. The highest BCUT2D eigenvalue weighted by Crippen LogP contribution is 2.43. The van der Waals surface area contributed by atoms with E-state index in [0.29, 0.717) is 0 Å². The molecule has 0 N–H and O–H groups in total. The summed E-state index contributed by atoms with van der Waals surface area (Å²) in [5.41, 5.74) is 0. The minimum atomic E-state index is 0.830. The van der Waals surface area contributed by atoms with Gasteiger partial charge in [-0.2, -0.15) is 0 Å². The fourth-order valence-electron chi connectivity index (χ4n) is 2.80. The molecule has 1 nitrogen and oxygen atoms in total. The molecule has 2 rings (SSSR count). The number of halogens is 1. The third-order valence-electron chi connectivity index (χ3n) is 3.67. The zero-order valence-corrected chi connectivity index (χ0v) is 10.9. The van der Waals surface area contributed by atoms with Crippen molar-refractivity contribution in [3.63, 3.8) is 0 Å². The van der Waals surface area contributed by atoms with Crippen LogP contribution in [0.15, 0.2) is 12.2 Å². The minimum Gasteiger partial charge on any atom is -0.381 e. The number of fused-ring (bicyclic) bond motifs is 2. The van der Waals surface area contributed by atoms with Gasteiger partial charge in [-0.05, 0) is 43.4 Å². The van der Waals surface area contributed by atoms with Crippen LogP contribution in [0.1, 0.15) is 32.1 Å². The topological polar surface area (TPSA) is 9.23 Å². The second kappa shape index (κ2) is 6.05. The number of allylic oxidation sites excluding steroid dienone is 2. The van der Waals surface area contributed by atoms with Crippen molar-refractivity contribution in [2.45, 2.75) is 32.1 Å². The van der Waals surface area contributed by atoms with Crippen LogP contribution in [0, 0.1) is 17.8 Å². The first-order valence-corrected chi connectivity index (χ1v) is 7.34. The molecule has 3 atom stereocenters. The minimum absolute atomic E-state index is 0.830. The van der Waals surface area contributed by atoms with E-state index in [1.165, 1.54) is 32.1 Å². The van der Waals surface area contributed by atoms with Crippen LogP contribution in [0.25, 0.3) is 0 Å². The fourth-order valence-corrected chi connectivity index (χ4v) is 3.19. The van der Waals surface area contributed by atoms with Crippen molar-refractivity contribution in [1.29, 1.82) is 0 Å². The molecule has 0 heterocycles. The van der Waals surface area contributed by atoms with Crippen LogP contribution in [0.4, 0.5) is 0 Å². The van der Waals surface area contributed by atoms with Gasteiger partial charge in [-0.3, -0.25) is 0 Å². The van der Waals surface area contributed by atoms with E-state index in [9.17, 15) is 0 Å². The summed E-state index contributed by atoms with van der Waals surface area (Å²) in [6.45, 7) is 1.96. The fraction of sp³-hybridized carbons (Fsp3) is 0.846. The van der Waals surface area contributed by atoms with E-state index in [2.05, 4.69) is 28.1 Å². The zero-order valence-electron chi connectivity index (χ0n) is 9.33. The highest BCUT2D eigenvalue weighted by Gasteiger charge is 2.35. The summed E-state index contributed by atoms with van der Waals surface area (Å²) in [5, 5.41) is 1.13. The van der Waals surface area contributed by atoms with Crippen molar-refractivity contribution in [3.05, 3.63) is 12.2 Å². The van der Waals surface area contributed by atoms with Crippen molar-refractivity contribution in [1.82, 2.24) is 0 Å². The van der Waals surface area contributed by atoms with Gasteiger partial charge in [0.25, 0.3) is 0 Å². The first-order chi connectivity index (χ1) is 7.40. The lowest BCUT2D eigenvalue weighted by molar-refractivity contribution is 0.0879. The number of rotatable bonds is 7. The molecule has 2 aliphatic carbocycles. The van der Waals surface area contributed by atoms with E-state index in [0.717, 1.165) is 36.3 Å². The van der Waals surface area contributed by atoms with Gasteiger partial charge in [0.05, 0.1) is 0 Å². The second-order valence-electron chi connectivity index (χ2n) is 4.86. The average Bonchev–Trinajstić information content (AvgIpc) is 2.85. The van der Waals surface area contributed by atoms with E-state index < -0.39 is 0 Å². The Morgan fingerprint density at radius 3 is 2.73 bits per heavy atom. The maximum absolute atomic E-state index is 5.77. The highest BCUT2D eigenvalue weighted by atomic mass is 79.9. The molecule has 3 unspecified atom stereocenters. The van der Waals surface area contributed by atoms with Gasteiger partial charge >= 0.3 is 0 Å². The van der Waals surface area contributed by atoms with Gasteiger partial charge < -0.3 is 4.74 Å². The average molecular weight is 273 g/mol. The first-order valence-electron chi connectivity index (χ1n) is 6.22. The lowest BCUT2D eigenvalue weighted by Gasteiger charge is -2.17. The predicted molar refractivity (Wildman–Crippen MR) is 67.3 cm³/mol. The molecule has 0 aromatic rings. The Bertz CT molecular complexity index is 215. The molecule has 0 spiro atoms. The van der Waals surface area contributed by atoms with Crippen LogP contribution in [-0.4, -0.2) is 18.5 Å².